The highest BCUT2D eigenvalue weighted by Crippen LogP contribution is 2.28. The van der Waals surface area contributed by atoms with Crippen molar-refractivity contribution in [2.45, 2.75) is 25.0 Å². The van der Waals surface area contributed by atoms with Gasteiger partial charge in [-0.3, -0.25) is 0 Å². The highest BCUT2D eigenvalue weighted by atomic mass is 19.4. The first-order valence-electron chi connectivity index (χ1n) is 5.03. The van der Waals surface area contributed by atoms with E-state index < -0.39 is 42.1 Å². The normalized spacial score (nSPS) is 14.6. The summed E-state index contributed by atoms with van der Waals surface area (Å²) in [5.74, 6) is -1.96. The van der Waals surface area contributed by atoms with E-state index in [9.17, 15) is 27.8 Å². The summed E-state index contributed by atoms with van der Waals surface area (Å²) < 4.78 is 52.6. The number of benzene rings is 1. The summed E-state index contributed by atoms with van der Waals surface area (Å²) in [6, 6.07) is 3.66. The van der Waals surface area contributed by atoms with Crippen molar-refractivity contribution in [3.05, 3.63) is 29.6 Å². The van der Waals surface area contributed by atoms with Crippen LogP contribution in [0.1, 0.15) is 18.1 Å². The fourth-order valence-corrected chi connectivity index (χ4v) is 1.36. The molecular weight excluding hydrogens is 270 g/mol. The highest BCUT2D eigenvalue weighted by molar-refractivity contribution is 5.31. The molecule has 8 heteroatoms. The van der Waals surface area contributed by atoms with E-state index in [1.54, 1.807) is 6.07 Å². The van der Waals surface area contributed by atoms with Crippen LogP contribution in [0.15, 0.2) is 18.2 Å². The summed E-state index contributed by atoms with van der Waals surface area (Å²) >= 11 is 0. The Hall–Kier alpha value is -1.85. The minimum atomic E-state index is -4.95. The molecule has 2 unspecified atom stereocenters. The zero-order valence-electron chi connectivity index (χ0n) is 9.36. The summed E-state index contributed by atoms with van der Waals surface area (Å²) in [4.78, 5) is 0. The molecular formula is C11H9F4NO3. The molecule has 0 saturated carbocycles. The van der Waals surface area contributed by atoms with Gasteiger partial charge in [-0.1, -0.05) is 0 Å². The summed E-state index contributed by atoms with van der Waals surface area (Å²) in [5.41, 5.74) is -0.419. The van der Waals surface area contributed by atoms with Crippen molar-refractivity contribution in [3.8, 4) is 11.8 Å². The number of rotatable bonds is 4. The number of nitrogens with zero attached hydrogens (tertiary/aromatic N) is 1. The molecule has 0 spiro atoms. The Kier molecular flexibility index (Phi) is 4.69. The zero-order valence-corrected chi connectivity index (χ0v) is 9.36. The van der Waals surface area contributed by atoms with Crippen molar-refractivity contribution in [2.24, 2.45) is 0 Å². The van der Waals surface area contributed by atoms with E-state index in [0.29, 0.717) is 6.07 Å². The lowest BCUT2D eigenvalue weighted by molar-refractivity contribution is -0.274. The van der Waals surface area contributed by atoms with Gasteiger partial charge in [-0.25, -0.2) is 4.39 Å². The average Bonchev–Trinajstić information content (AvgIpc) is 2.26. The van der Waals surface area contributed by atoms with Gasteiger partial charge in [0, 0.05) is 11.6 Å². The van der Waals surface area contributed by atoms with Gasteiger partial charge < -0.3 is 14.9 Å². The molecule has 4 nitrogen and oxygen atoms in total. The summed E-state index contributed by atoms with van der Waals surface area (Å²) in [6.07, 6.45) is -8.64. The van der Waals surface area contributed by atoms with Crippen LogP contribution in [-0.4, -0.2) is 22.7 Å². The van der Waals surface area contributed by atoms with Crippen molar-refractivity contribution >= 4 is 0 Å². The number of aliphatic hydroxyl groups is 2. The van der Waals surface area contributed by atoms with Crippen LogP contribution < -0.4 is 4.74 Å². The number of hydrogen-bond donors (Lipinski definition) is 2. The Labute approximate surface area is 105 Å². The Balaban J connectivity index is 2.92. The second-order valence-corrected chi connectivity index (χ2v) is 3.61. The molecule has 0 heterocycles. The molecule has 1 rings (SSSR count). The molecule has 104 valence electrons. The molecule has 1 aromatic carbocycles. The minimum Gasteiger partial charge on any atom is -0.406 e. The Morgan fingerprint density at radius 3 is 2.42 bits per heavy atom. The maximum Gasteiger partial charge on any atom is 0.573 e. The molecule has 2 atom stereocenters. The minimum absolute atomic E-state index is 0.419. The molecule has 0 aromatic heterocycles. The average molecular weight is 279 g/mol. The molecule has 0 aliphatic carbocycles. The maximum atomic E-state index is 13.5. The van der Waals surface area contributed by atoms with Crippen molar-refractivity contribution in [1.29, 1.82) is 5.26 Å². The fraction of sp³-hybridized carbons (Fsp3) is 0.364. The van der Waals surface area contributed by atoms with E-state index >= 15 is 0 Å². The van der Waals surface area contributed by atoms with Crippen molar-refractivity contribution in [1.82, 2.24) is 0 Å². The van der Waals surface area contributed by atoms with Gasteiger partial charge in [0.1, 0.15) is 17.7 Å². The smallest absolute Gasteiger partial charge is 0.406 e. The van der Waals surface area contributed by atoms with E-state index in [-0.39, 0.29) is 0 Å². The quantitative estimate of drug-likeness (QED) is 0.827. The first-order valence-corrected chi connectivity index (χ1v) is 5.03. The molecule has 0 saturated heterocycles. The second kappa shape index (κ2) is 5.86. The molecule has 0 fully saturated rings. The third-order valence-corrected chi connectivity index (χ3v) is 2.19. The van der Waals surface area contributed by atoms with Crippen molar-refractivity contribution in [2.75, 3.05) is 0 Å². The lowest BCUT2D eigenvalue weighted by Gasteiger charge is -2.17. The maximum absolute atomic E-state index is 13.5. The number of halogens is 4. The van der Waals surface area contributed by atoms with Gasteiger partial charge in [-0.05, 0) is 12.1 Å². The number of hydrogen-bond acceptors (Lipinski definition) is 4. The topological polar surface area (TPSA) is 73.5 Å². The molecule has 1 aromatic rings. The number of nitriles is 1. The first kappa shape index (κ1) is 15.2. The van der Waals surface area contributed by atoms with E-state index in [2.05, 4.69) is 4.74 Å². The molecule has 0 bridgehead atoms. The SMILES string of the molecule is N#CCC(O)C(O)c1ccc(OC(F)(F)F)cc1F. The molecule has 0 aliphatic rings. The fourth-order valence-electron chi connectivity index (χ4n) is 1.36. The van der Waals surface area contributed by atoms with Gasteiger partial charge in [0.25, 0.3) is 0 Å². The Morgan fingerprint density at radius 2 is 1.95 bits per heavy atom. The van der Waals surface area contributed by atoms with E-state index in [1.165, 1.54) is 0 Å². The molecule has 0 radical (unpaired) electrons. The van der Waals surface area contributed by atoms with Crippen LogP contribution in [0.3, 0.4) is 0 Å². The number of ether oxygens (including phenoxy) is 1. The highest BCUT2D eigenvalue weighted by Gasteiger charge is 2.31. The first-order chi connectivity index (χ1) is 8.74. The predicted octanol–water partition coefficient (Wildman–Crippen LogP) is 2.03. The van der Waals surface area contributed by atoms with E-state index in [1.807, 2.05) is 0 Å². The van der Waals surface area contributed by atoms with Gasteiger partial charge in [-0.15, -0.1) is 13.2 Å². The van der Waals surface area contributed by atoms with Gasteiger partial charge in [0.15, 0.2) is 0 Å². The standard InChI is InChI=1S/C11H9F4NO3/c12-8-5-6(19-11(13,14)15)1-2-7(8)10(18)9(17)3-4-16/h1-2,5,9-10,17-18H,3H2. The van der Waals surface area contributed by atoms with Crippen LogP contribution in [0.4, 0.5) is 17.6 Å². The Morgan fingerprint density at radius 1 is 1.32 bits per heavy atom. The van der Waals surface area contributed by atoms with Crippen LogP contribution in [0, 0.1) is 17.1 Å². The lowest BCUT2D eigenvalue weighted by atomic mass is 10.0. The summed E-state index contributed by atoms with van der Waals surface area (Å²) in [5, 5.41) is 27.1. The number of aliphatic hydroxyl groups excluding tert-OH is 2. The number of alkyl halides is 3. The third kappa shape index (κ3) is 4.39. The van der Waals surface area contributed by atoms with Crippen LogP contribution in [0.2, 0.25) is 0 Å². The molecule has 19 heavy (non-hydrogen) atoms. The predicted molar refractivity (Wildman–Crippen MR) is 54.3 cm³/mol. The van der Waals surface area contributed by atoms with Gasteiger partial charge in [0.05, 0.1) is 18.6 Å². The van der Waals surface area contributed by atoms with Crippen LogP contribution in [-0.2, 0) is 0 Å². The molecule has 0 aliphatic heterocycles. The van der Waals surface area contributed by atoms with E-state index in [4.69, 9.17) is 5.26 Å². The van der Waals surface area contributed by atoms with Gasteiger partial charge in [-0.2, -0.15) is 5.26 Å². The Bertz CT molecular complexity index is 484. The van der Waals surface area contributed by atoms with Crippen molar-refractivity contribution < 1.29 is 32.5 Å². The van der Waals surface area contributed by atoms with Gasteiger partial charge in [0.2, 0.25) is 0 Å². The molecule has 0 amide bonds. The van der Waals surface area contributed by atoms with Gasteiger partial charge >= 0.3 is 6.36 Å². The van der Waals surface area contributed by atoms with Crippen LogP contribution in [0.5, 0.6) is 5.75 Å². The monoisotopic (exact) mass is 279 g/mol. The lowest BCUT2D eigenvalue weighted by Crippen LogP contribution is -2.20. The second-order valence-electron chi connectivity index (χ2n) is 3.61. The van der Waals surface area contributed by atoms with E-state index in [0.717, 1.165) is 12.1 Å². The summed E-state index contributed by atoms with van der Waals surface area (Å²) in [6.45, 7) is 0. The van der Waals surface area contributed by atoms with Crippen LogP contribution in [0.25, 0.3) is 0 Å². The van der Waals surface area contributed by atoms with Crippen molar-refractivity contribution in [3.63, 3.8) is 0 Å². The summed E-state index contributed by atoms with van der Waals surface area (Å²) in [7, 11) is 0. The third-order valence-electron chi connectivity index (χ3n) is 2.19. The zero-order chi connectivity index (χ0) is 14.6. The molecule has 2 N–H and O–H groups in total. The largest absolute Gasteiger partial charge is 0.573 e. The van der Waals surface area contributed by atoms with Crippen LogP contribution >= 0.6 is 0 Å².